The van der Waals surface area contributed by atoms with Crippen LogP contribution >= 0.6 is 23.4 Å². The first-order valence-electron chi connectivity index (χ1n) is 14.6. The van der Waals surface area contributed by atoms with Crippen LogP contribution in [0.5, 0.6) is 5.75 Å². The van der Waals surface area contributed by atoms with Gasteiger partial charge in [0.15, 0.2) is 18.2 Å². The largest absolute Gasteiger partial charge is 0.480 e. The van der Waals surface area contributed by atoms with Gasteiger partial charge in [-0.3, -0.25) is 9.59 Å². The van der Waals surface area contributed by atoms with Gasteiger partial charge < -0.3 is 9.84 Å². The molecule has 5 nitrogen and oxygen atoms in total. The van der Waals surface area contributed by atoms with Crippen LogP contribution in [0.15, 0.2) is 126 Å². The fraction of sp³-hybridized carbons (Fsp3) is 0.103. The van der Waals surface area contributed by atoms with Crippen molar-refractivity contribution in [2.75, 3.05) is 12.4 Å². The zero-order valence-electron chi connectivity index (χ0n) is 25.3. The number of carboxylic acids is 1. The van der Waals surface area contributed by atoms with Gasteiger partial charge >= 0.3 is 5.97 Å². The van der Waals surface area contributed by atoms with Crippen LogP contribution in [0.25, 0.3) is 27.8 Å². The van der Waals surface area contributed by atoms with Gasteiger partial charge in [0.05, 0.1) is 5.02 Å². The maximum Gasteiger partial charge on any atom is 0.341 e. The average Bonchev–Trinajstić information content (AvgIpc) is 3.06. The Hall–Kier alpha value is -4.91. The lowest BCUT2D eigenvalue weighted by Crippen LogP contribution is -2.09. The van der Waals surface area contributed by atoms with Gasteiger partial charge in [-0.15, -0.1) is 11.8 Å². The third-order valence-electron chi connectivity index (χ3n) is 7.43. The first-order valence-corrected chi connectivity index (χ1v) is 15.9. The van der Waals surface area contributed by atoms with Gasteiger partial charge in [0.25, 0.3) is 0 Å². The van der Waals surface area contributed by atoms with Crippen molar-refractivity contribution < 1.29 is 24.2 Å². The van der Waals surface area contributed by atoms with E-state index in [1.54, 1.807) is 37.7 Å². The van der Waals surface area contributed by atoms with Crippen LogP contribution in [0, 0.1) is 0 Å². The quantitative estimate of drug-likeness (QED) is 0.107. The molecule has 0 saturated heterocycles. The fourth-order valence-electron chi connectivity index (χ4n) is 4.93. The molecule has 0 saturated carbocycles. The average molecular weight is 647 g/mol. The van der Waals surface area contributed by atoms with Crippen molar-refractivity contribution in [1.82, 2.24) is 0 Å². The van der Waals surface area contributed by atoms with Crippen LogP contribution < -0.4 is 4.74 Å². The number of hydrogen-bond acceptors (Lipinski definition) is 5. The Morgan fingerprint density at radius 3 is 1.43 bits per heavy atom. The van der Waals surface area contributed by atoms with Crippen molar-refractivity contribution in [3.8, 4) is 28.0 Å². The van der Waals surface area contributed by atoms with Crippen molar-refractivity contribution in [2.24, 2.45) is 0 Å². The molecule has 0 aromatic heterocycles. The highest BCUT2D eigenvalue weighted by atomic mass is 35.5. The third kappa shape index (κ3) is 8.21. The van der Waals surface area contributed by atoms with Gasteiger partial charge in [-0.1, -0.05) is 115 Å². The Morgan fingerprint density at radius 1 is 0.652 bits per heavy atom. The Morgan fingerprint density at radius 2 is 1.07 bits per heavy atom. The second kappa shape index (κ2) is 14.9. The first-order chi connectivity index (χ1) is 22.2. The Balaban J connectivity index is 1.41. The molecule has 0 aliphatic rings. The summed E-state index contributed by atoms with van der Waals surface area (Å²) in [4.78, 5) is 35.2. The number of ether oxygens (including phenoxy) is 1. The van der Waals surface area contributed by atoms with Gasteiger partial charge in [0, 0.05) is 21.8 Å². The number of hydrogen-bond donors (Lipinski definition) is 1. The SMILES string of the molecule is CC(=O)c1ccc(-c2ccc(C(=CCSc3ccc(OCC(=O)O)c(Cl)c3)c3ccc(-c4ccc(C(C)=O)cc4)cc3)cc2)cc1. The molecule has 0 spiro atoms. The minimum atomic E-state index is -1.06. The molecule has 0 bridgehead atoms. The molecule has 0 atom stereocenters. The molecule has 5 aromatic carbocycles. The summed E-state index contributed by atoms with van der Waals surface area (Å²) in [6.07, 6.45) is 2.18. The molecular formula is C39H31ClO5S. The number of thioether (sulfide) groups is 1. The zero-order chi connectivity index (χ0) is 32.6. The summed E-state index contributed by atoms with van der Waals surface area (Å²) in [5.74, 6) is 0.00207. The smallest absolute Gasteiger partial charge is 0.341 e. The molecular weight excluding hydrogens is 616 g/mol. The van der Waals surface area contributed by atoms with Crippen LogP contribution in [-0.2, 0) is 4.79 Å². The molecule has 46 heavy (non-hydrogen) atoms. The van der Waals surface area contributed by atoms with Crippen LogP contribution in [0.2, 0.25) is 5.02 Å². The van der Waals surface area contributed by atoms with Crippen molar-refractivity contribution in [3.05, 3.63) is 149 Å². The number of rotatable bonds is 12. The lowest BCUT2D eigenvalue weighted by molar-refractivity contribution is -0.139. The predicted molar refractivity (Wildman–Crippen MR) is 186 cm³/mol. The van der Waals surface area contributed by atoms with Crippen LogP contribution in [0.3, 0.4) is 0 Å². The van der Waals surface area contributed by atoms with E-state index in [0.717, 1.165) is 43.8 Å². The van der Waals surface area contributed by atoms with Crippen molar-refractivity contribution >= 4 is 46.5 Å². The molecule has 0 unspecified atom stereocenters. The van der Waals surface area contributed by atoms with Crippen LogP contribution in [0.1, 0.15) is 45.7 Å². The fourth-order valence-corrected chi connectivity index (χ4v) is 6.04. The summed E-state index contributed by atoms with van der Waals surface area (Å²) in [7, 11) is 0. The zero-order valence-corrected chi connectivity index (χ0v) is 26.9. The van der Waals surface area contributed by atoms with Gasteiger partial charge in [-0.25, -0.2) is 4.79 Å². The minimum Gasteiger partial charge on any atom is -0.480 e. The summed E-state index contributed by atoms with van der Waals surface area (Å²) in [6, 6.07) is 37.3. The summed E-state index contributed by atoms with van der Waals surface area (Å²) in [5.41, 5.74) is 8.72. The maximum atomic E-state index is 11.7. The number of halogens is 1. The Labute approximate surface area is 277 Å². The molecule has 5 rings (SSSR count). The molecule has 0 fully saturated rings. The van der Waals surface area contributed by atoms with E-state index in [2.05, 4.69) is 54.6 Å². The number of benzene rings is 5. The van der Waals surface area contributed by atoms with Crippen molar-refractivity contribution in [2.45, 2.75) is 18.7 Å². The molecule has 0 heterocycles. The number of Topliss-reactive ketones (excluding diaryl/α,β-unsaturated/α-hetero) is 2. The number of carboxylic acid groups (broad SMARTS) is 1. The minimum absolute atomic E-state index is 0.0402. The summed E-state index contributed by atoms with van der Waals surface area (Å²) < 4.78 is 5.24. The molecule has 1 N–H and O–H groups in total. The van der Waals surface area contributed by atoms with E-state index in [1.165, 1.54) is 0 Å². The number of carbonyl (C=O) groups excluding carboxylic acids is 2. The summed E-state index contributed by atoms with van der Waals surface area (Å²) in [5, 5.41) is 9.23. The normalized spacial score (nSPS) is 10.7. The van der Waals surface area contributed by atoms with Crippen molar-refractivity contribution in [3.63, 3.8) is 0 Å². The van der Waals surface area contributed by atoms with Gasteiger partial charge in [-0.2, -0.15) is 0 Å². The predicted octanol–water partition coefficient (Wildman–Crippen LogP) is 9.77. The second-order valence-electron chi connectivity index (χ2n) is 10.6. The van der Waals surface area contributed by atoms with Gasteiger partial charge in [0.2, 0.25) is 0 Å². The van der Waals surface area contributed by atoms with E-state index in [1.807, 2.05) is 54.6 Å². The van der Waals surface area contributed by atoms with Gasteiger partial charge in [-0.05, 0) is 71.0 Å². The highest BCUT2D eigenvalue weighted by Crippen LogP contribution is 2.33. The second-order valence-corrected chi connectivity index (χ2v) is 12.1. The van der Waals surface area contributed by atoms with E-state index >= 15 is 0 Å². The Bertz CT molecular complexity index is 1790. The van der Waals surface area contributed by atoms with Crippen LogP contribution in [0.4, 0.5) is 0 Å². The lowest BCUT2D eigenvalue weighted by atomic mass is 9.93. The van der Waals surface area contributed by atoms with E-state index in [0.29, 0.717) is 27.7 Å². The summed E-state index contributed by atoms with van der Waals surface area (Å²) >= 11 is 7.95. The monoisotopic (exact) mass is 646 g/mol. The first kappa shape index (κ1) is 32.5. The summed E-state index contributed by atoms with van der Waals surface area (Å²) in [6.45, 7) is 2.67. The number of ketones is 2. The van der Waals surface area contributed by atoms with E-state index in [-0.39, 0.29) is 11.6 Å². The topological polar surface area (TPSA) is 80.7 Å². The molecule has 0 aliphatic carbocycles. The molecule has 0 radical (unpaired) electrons. The molecule has 230 valence electrons. The number of aliphatic carboxylic acids is 1. The van der Waals surface area contributed by atoms with E-state index < -0.39 is 12.6 Å². The van der Waals surface area contributed by atoms with Crippen molar-refractivity contribution in [1.29, 1.82) is 0 Å². The maximum absolute atomic E-state index is 11.7. The lowest BCUT2D eigenvalue weighted by Gasteiger charge is -2.12. The molecule has 5 aromatic rings. The van der Waals surface area contributed by atoms with Gasteiger partial charge in [0.1, 0.15) is 5.75 Å². The Kier molecular flexibility index (Phi) is 10.5. The number of carbonyl (C=O) groups is 3. The third-order valence-corrected chi connectivity index (χ3v) is 8.65. The highest BCUT2D eigenvalue weighted by molar-refractivity contribution is 7.99. The molecule has 0 amide bonds. The van der Waals surface area contributed by atoms with Crippen LogP contribution in [-0.4, -0.2) is 35.0 Å². The molecule has 7 heteroatoms. The van der Waals surface area contributed by atoms with E-state index in [9.17, 15) is 14.4 Å². The highest BCUT2D eigenvalue weighted by Gasteiger charge is 2.10. The van der Waals surface area contributed by atoms with E-state index in [4.69, 9.17) is 21.4 Å². The molecule has 0 aliphatic heterocycles. The standard InChI is InChI=1S/C39H31ClO5S/c1-25(41)27-3-7-29(8-4-27)31-11-15-33(16-12-31)36(21-22-46-35-19-20-38(37(40)23-35)45-24-39(43)44)34-17-13-32(14-18-34)30-9-5-28(6-10-30)26(2)42/h3-21,23H,22,24H2,1-2H3,(H,43,44).